The van der Waals surface area contributed by atoms with Crippen LogP contribution in [0.3, 0.4) is 0 Å². The molecule has 0 amide bonds. The van der Waals surface area contributed by atoms with Crippen LogP contribution in [0.2, 0.25) is 0 Å². The molecular formula is C13H22N4. The number of anilines is 2. The molecule has 2 rings (SSSR count). The van der Waals surface area contributed by atoms with E-state index in [0.29, 0.717) is 11.9 Å². The summed E-state index contributed by atoms with van der Waals surface area (Å²) in [6, 6.07) is 0.614. The first-order chi connectivity index (χ1) is 8.24. The Hall–Kier alpha value is -1.32. The lowest BCUT2D eigenvalue weighted by Gasteiger charge is -2.33. The van der Waals surface area contributed by atoms with Gasteiger partial charge in [0.05, 0.1) is 0 Å². The maximum Gasteiger partial charge on any atom is 0.137 e. The third-order valence-corrected chi connectivity index (χ3v) is 3.77. The molecule has 1 aliphatic rings. The van der Waals surface area contributed by atoms with Crippen molar-refractivity contribution in [3.8, 4) is 0 Å². The molecule has 0 bridgehead atoms. The van der Waals surface area contributed by atoms with E-state index in [-0.39, 0.29) is 0 Å². The highest BCUT2D eigenvalue weighted by Crippen LogP contribution is 2.28. The van der Waals surface area contributed by atoms with Crippen molar-refractivity contribution in [2.75, 3.05) is 17.7 Å². The van der Waals surface area contributed by atoms with Crippen LogP contribution >= 0.6 is 0 Å². The van der Waals surface area contributed by atoms with Gasteiger partial charge in [0.1, 0.15) is 18.0 Å². The van der Waals surface area contributed by atoms with E-state index in [1.165, 1.54) is 32.1 Å². The van der Waals surface area contributed by atoms with Crippen molar-refractivity contribution < 1.29 is 0 Å². The van der Waals surface area contributed by atoms with Crippen LogP contribution < -0.4 is 10.6 Å². The Morgan fingerprint density at radius 2 is 2.00 bits per heavy atom. The van der Waals surface area contributed by atoms with Crippen LogP contribution in [-0.2, 0) is 6.42 Å². The average molecular weight is 234 g/mol. The minimum atomic E-state index is 0.614. The molecule has 1 aliphatic carbocycles. The van der Waals surface area contributed by atoms with Crippen molar-refractivity contribution in [1.82, 2.24) is 9.97 Å². The number of aromatic nitrogens is 2. The predicted molar refractivity (Wildman–Crippen MR) is 71.1 cm³/mol. The second-order valence-corrected chi connectivity index (χ2v) is 4.82. The molecule has 4 heteroatoms. The van der Waals surface area contributed by atoms with Crippen LogP contribution in [0, 0.1) is 0 Å². The van der Waals surface area contributed by atoms with Crippen molar-refractivity contribution >= 4 is 11.6 Å². The Kier molecular flexibility index (Phi) is 3.82. The van der Waals surface area contributed by atoms with E-state index in [4.69, 9.17) is 5.73 Å². The fraction of sp³-hybridized carbons (Fsp3) is 0.692. The normalized spacial score (nSPS) is 17.1. The lowest BCUT2D eigenvalue weighted by Crippen LogP contribution is -2.34. The fourth-order valence-electron chi connectivity index (χ4n) is 2.70. The maximum absolute atomic E-state index is 5.92. The molecule has 0 spiro atoms. The van der Waals surface area contributed by atoms with E-state index >= 15 is 0 Å². The molecule has 1 aromatic rings. The molecule has 0 saturated heterocycles. The monoisotopic (exact) mass is 234 g/mol. The molecule has 0 aliphatic heterocycles. The van der Waals surface area contributed by atoms with Gasteiger partial charge >= 0.3 is 0 Å². The Morgan fingerprint density at radius 1 is 1.29 bits per heavy atom. The minimum absolute atomic E-state index is 0.614. The van der Waals surface area contributed by atoms with E-state index < -0.39 is 0 Å². The Bertz CT molecular complexity index is 372. The van der Waals surface area contributed by atoms with Crippen molar-refractivity contribution in [2.24, 2.45) is 0 Å². The van der Waals surface area contributed by atoms with Crippen LogP contribution in [-0.4, -0.2) is 23.1 Å². The van der Waals surface area contributed by atoms with Gasteiger partial charge in [-0.05, 0) is 19.3 Å². The molecule has 2 N–H and O–H groups in total. The molecule has 1 fully saturated rings. The van der Waals surface area contributed by atoms with Crippen molar-refractivity contribution in [2.45, 2.75) is 51.5 Å². The summed E-state index contributed by atoms with van der Waals surface area (Å²) >= 11 is 0. The highest BCUT2D eigenvalue weighted by Gasteiger charge is 2.21. The van der Waals surface area contributed by atoms with Gasteiger partial charge in [0.15, 0.2) is 0 Å². The highest BCUT2D eigenvalue weighted by molar-refractivity contribution is 5.56. The minimum Gasteiger partial charge on any atom is -0.383 e. The summed E-state index contributed by atoms with van der Waals surface area (Å²) in [6.45, 7) is 2.10. The fourth-order valence-corrected chi connectivity index (χ4v) is 2.70. The molecule has 4 nitrogen and oxygen atoms in total. The van der Waals surface area contributed by atoms with Gasteiger partial charge in [0, 0.05) is 18.7 Å². The van der Waals surface area contributed by atoms with E-state index in [9.17, 15) is 0 Å². The summed E-state index contributed by atoms with van der Waals surface area (Å²) in [6.07, 6.45) is 9.03. The first kappa shape index (κ1) is 12.1. The van der Waals surface area contributed by atoms with Crippen molar-refractivity contribution in [3.63, 3.8) is 0 Å². The lowest BCUT2D eigenvalue weighted by atomic mass is 9.94. The third kappa shape index (κ3) is 2.51. The summed E-state index contributed by atoms with van der Waals surface area (Å²) in [4.78, 5) is 10.8. The van der Waals surface area contributed by atoms with Gasteiger partial charge in [0.25, 0.3) is 0 Å². The molecule has 0 atom stereocenters. The van der Waals surface area contributed by atoms with E-state index in [2.05, 4.69) is 28.8 Å². The number of nitrogen functional groups attached to an aromatic ring is 1. The van der Waals surface area contributed by atoms with Crippen LogP contribution in [0.1, 0.15) is 44.6 Å². The SMILES string of the molecule is CCc1c(N)ncnc1N(C)C1CCCCC1. The largest absolute Gasteiger partial charge is 0.383 e. The topological polar surface area (TPSA) is 55.0 Å². The molecule has 94 valence electrons. The number of nitrogens with zero attached hydrogens (tertiary/aromatic N) is 3. The van der Waals surface area contributed by atoms with Crippen LogP contribution in [0.15, 0.2) is 6.33 Å². The predicted octanol–water partition coefficient (Wildman–Crippen LogP) is 2.39. The summed E-state index contributed by atoms with van der Waals surface area (Å²) in [5.74, 6) is 1.65. The van der Waals surface area contributed by atoms with Crippen LogP contribution in [0.4, 0.5) is 11.6 Å². The smallest absolute Gasteiger partial charge is 0.137 e. The molecule has 0 radical (unpaired) electrons. The quantitative estimate of drug-likeness (QED) is 0.872. The van der Waals surface area contributed by atoms with Gasteiger partial charge in [-0.1, -0.05) is 26.2 Å². The molecule has 1 aromatic heterocycles. The second kappa shape index (κ2) is 5.34. The Morgan fingerprint density at radius 3 is 2.65 bits per heavy atom. The van der Waals surface area contributed by atoms with Gasteiger partial charge in [-0.25, -0.2) is 9.97 Å². The average Bonchev–Trinajstić information content (AvgIpc) is 2.38. The van der Waals surface area contributed by atoms with Gasteiger partial charge in [-0.3, -0.25) is 0 Å². The number of hydrogen-bond donors (Lipinski definition) is 1. The molecular weight excluding hydrogens is 212 g/mol. The number of rotatable bonds is 3. The molecule has 1 saturated carbocycles. The zero-order valence-corrected chi connectivity index (χ0v) is 10.8. The standard InChI is InChI=1S/C13H22N4/c1-3-11-12(14)15-9-16-13(11)17(2)10-7-5-4-6-8-10/h9-10H,3-8H2,1-2H3,(H2,14,15,16). The summed E-state index contributed by atoms with van der Waals surface area (Å²) in [7, 11) is 2.14. The first-order valence-corrected chi connectivity index (χ1v) is 6.56. The summed E-state index contributed by atoms with van der Waals surface area (Å²) < 4.78 is 0. The third-order valence-electron chi connectivity index (χ3n) is 3.77. The lowest BCUT2D eigenvalue weighted by molar-refractivity contribution is 0.425. The van der Waals surface area contributed by atoms with Crippen LogP contribution in [0.5, 0.6) is 0 Å². The van der Waals surface area contributed by atoms with E-state index in [1.807, 2.05) is 0 Å². The van der Waals surface area contributed by atoms with Gasteiger partial charge in [0.2, 0.25) is 0 Å². The maximum atomic E-state index is 5.92. The Labute approximate surface area is 103 Å². The second-order valence-electron chi connectivity index (χ2n) is 4.82. The van der Waals surface area contributed by atoms with Gasteiger partial charge in [-0.15, -0.1) is 0 Å². The van der Waals surface area contributed by atoms with Crippen LogP contribution in [0.25, 0.3) is 0 Å². The van der Waals surface area contributed by atoms with E-state index in [0.717, 1.165) is 17.8 Å². The molecule has 1 heterocycles. The van der Waals surface area contributed by atoms with Crippen molar-refractivity contribution in [3.05, 3.63) is 11.9 Å². The molecule has 0 aromatic carbocycles. The molecule has 0 unspecified atom stereocenters. The number of hydrogen-bond acceptors (Lipinski definition) is 4. The zero-order chi connectivity index (χ0) is 12.3. The molecule has 17 heavy (non-hydrogen) atoms. The highest BCUT2D eigenvalue weighted by atomic mass is 15.2. The van der Waals surface area contributed by atoms with Gasteiger partial charge in [-0.2, -0.15) is 0 Å². The van der Waals surface area contributed by atoms with E-state index in [1.54, 1.807) is 6.33 Å². The first-order valence-electron chi connectivity index (χ1n) is 6.56. The Balaban J connectivity index is 2.23. The zero-order valence-electron chi connectivity index (χ0n) is 10.8. The number of nitrogens with two attached hydrogens (primary N) is 1. The van der Waals surface area contributed by atoms with Crippen molar-refractivity contribution in [1.29, 1.82) is 0 Å². The van der Waals surface area contributed by atoms with Gasteiger partial charge < -0.3 is 10.6 Å². The summed E-state index contributed by atoms with van der Waals surface area (Å²) in [5, 5.41) is 0. The summed E-state index contributed by atoms with van der Waals surface area (Å²) in [5.41, 5.74) is 7.01.